The lowest BCUT2D eigenvalue weighted by Gasteiger charge is -2.18. The van der Waals surface area contributed by atoms with E-state index in [-0.39, 0.29) is 44.4 Å². The van der Waals surface area contributed by atoms with E-state index < -0.39 is 12.1 Å². The number of ether oxygens (including phenoxy) is 3. The van der Waals surface area contributed by atoms with Gasteiger partial charge in [0.15, 0.2) is 6.10 Å². The Kier molecular flexibility index (Phi) is 43.2. The maximum absolute atomic E-state index is 12.7. The van der Waals surface area contributed by atoms with Gasteiger partial charge in [0.05, 0.1) is 6.42 Å². The largest absolute Gasteiger partial charge is 0.462 e. The van der Waals surface area contributed by atoms with Crippen LogP contribution in [0.5, 0.6) is 0 Å². The molecule has 0 fully saturated rings. The summed E-state index contributed by atoms with van der Waals surface area (Å²) in [6.07, 6.45) is 63.7. The summed E-state index contributed by atoms with van der Waals surface area (Å²) in [5.74, 6) is -1.19. The molecule has 6 nitrogen and oxygen atoms in total. The Balaban J connectivity index is 4.57. The van der Waals surface area contributed by atoms with Crippen molar-refractivity contribution in [3.8, 4) is 0 Å². The highest BCUT2D eigenvalue weighted by Crippen LogP contribution is 2.10. The van der Waals surface area contributed by atoms with Gasteiger partial charge >= 0.3 is 17.9 Å². The molecule has 0 amide bonds. The first-order valence-corrected chi connectivity index (χ1v) is 23.0. The first kappa shape index (κ1) is 54.8. The Morgan fingerprint density at radius 3 is 1.25 bits per heavy atom. The lowest BCUT2D eigenvalue weighted by atomic mass is 10.1. The van der Waals surface area contributed by atoms with Crippen LogP contribution in [0.25, 0.3) is 0 Å². The van der Waals surface area contributed by atoms with Crippen LogP contribution in [0.15, 0.2) is 122 Å². The average molecular weight is 815 g/mol. The molecule has 0 saturated heterocycles. The van der Waals surface area contributed by atoms with Crippen molar-refractivity contribution in [2.45, 2.75) is 181 Å². The van der Waals surface area contributed by atoms with Gasteiger partial charge in [0.1, 0.15) is 13.2 Å². The SMILES string of the molecule is CC/C=C\C/C=C\C/C=C\C/C=C\C/C=C\C/C=C\CCC(=O)OCC(COC(=O)C/C=C\C/C=C\C/C=C\CC)OC(=O)CCCCC/C=C\CCCCCCCC. The van der Waals surface area contributed by atoms with Gasteiger partial charge in [-0.3, -0.25) is 14.4 Å². The van der Waals surface area contributed by atoms with Crippen molar-refractivity contribution in [1.29, 1.82) is 0 Å². The third-order valence-electron chi connectivity index (χ3n) is 8.98. The molecule has 6 heteroatoms. The summed E-state index contributed by atoms with van der Waals surface area (Å²) in [5.41, 5.74) is 0. The second kappa shape index (κ2) is 46.5. The van der Waals surface area contributed by atoms with Gasteiger partial charge in [0, 0.05) is 12.8 Å². The molecule has 0 bridgehead atoms. The quantitative estimate of drug-likeness (QED) is 0.0266. The van der Waals surface area contributed by atoms with E-state index in [2.05, 4.69) is 118 Å². The number of allylic oxidation sites excluding steroid dienone is 19. The summed E-state index contributed by atoms with van der Waals surface area (Å²) in [6.45, 7) is 6.18. The van der Waals surface area contributed by atoms with Gasteiger partial charge in [-0.2, -0.15) is 0 Å². The Morgan fingerprint density at radius 1 is 0.373 bits per heavy atom. The van der Waals surface area contributed by atoms with Crippen LogP contribution in [0.4, 0.5) is 0 Å². The van der Waals surface area contributed by atoms with Gasteiger partial charge in [-0.15, -0.1) is 0 Å². The smallest absolute Gasteiger partial charge is 0.309 e. The molecular formula is C53H82O6. The number of esters is 3. The first-order valence-electron chi connectivity index (χ1n) is 23.0. The van der Waals surface area contributed by atoms with E-state index >= 15 is 0 Å². The molecule has 1 atom stereocenters. The van der Waals surface area contributed by atoms with Gasteiger partial charge in [-0.25, -0.2) is 0 Å². The van der Waals surface area contributed by atoms with Crippen molar-refractivity contribution in [1.82, 2.24) is 0 Å². The van der Waals surface area contributed by atoms with E-state index in [1.807, 2.05) is 18.2 Å². The number of unbranched alkanes of at least 4 members (excludes halogenated alkanes) is 9. The lowest BCUT2D eigenvalue weighted by Crippen LogP contribution is -2.30. The van der Waals surface area contributed by atoms with Gasteiger partial charge in [-0.1, -0.05) is 181 Å². The van der Waals surface area contributed by atoms with E-state index in [0.717, 1.165) is 89.9 Å². The highest BCUT2D eigenvalue weighted by molar-refractivity contribution is 5.72. The zero-order valence-electron chi connectivity index (χ0n) is 37.5. The number of carbonyl (C=O) groups is 3. The molecule has 0 aliphatic carbocycles. The van der Waals surface area contributed by atoms with E-state index in [0.29, 0.717) is 6.42 Å². The standard InChI is InChI=1S/C53H82O6/c1-4-7-10-13-16-19-21-23-24-25-26-27-28-30-31-34-37-40-43-46-52(55)58-49-50(48-57-51(54)45-42-39-36-33-18-15-12-9-6-3)59-53(56)47-44-41-38-35-32-29-22-20-17-14-11-8-5-2/h7,9-10,12,16,18-19,23-24,26-27,29-33,37,39-40,42,50H,4-6,8,11,13-15,17,20-22,25,28,34-36,38,41,43-49H2,1-3H3/b10-7-,12-9-,19-16-,24-23-,27-26-,31-30-,32-29-,33-18-,40-37-,42-39-. The van der Waals surface area contributed by atoms with Crippen LogP contribution >= 0.6 is 0 Å². The number of hydrogen-bond acceptors (Lipinski definition) is 6. The molecule has 59 heavy (non-hydrogen) atoms. The van der Waals surface area contributed by atoms with Gasteiger partial charge in [-0.05, 0) is 96.3 Å². The molecule has 1 unspecified atom stereocenters. The third-order valence-corrected chi connectivity index (χ3v) is 8.98. The normalized spacial score (nSPS) is 13.2. The minimum atomic E-state index is -0.853. The van der Waals surface area contributed by atoms with E-state index in [1.165, 1.54) is 38.5 Å². The summed E-state index contributed by atoms with van der Waals surface area (Å²) >= 11 is 0. The molecule has 0 aliphatic rings. The third kappa shape index (κ3) is 44.8. The number of carbonyl (C=O) groups excluding carboxylic acids is 3. The zero-order valence-corrected chi connectivity index (χ0v) is 37.5. The molecule has 0 radical (unpaired) electrons. The molecule has 0 saturated carbocycles. The van der Waals surface area contributed by atoms with E-state index in [1.54, 1.807) is 6.08 Å². The van der Waals surface area contributed by atoms with Crippen LogP contribution in [-0.2, 0) is 28.6 Å². The minimum Gasteiger partial charge on any atom is -0.462 e. The molecule has 0 spiro atoms. The second-order valence-electron chi connectivity index (χ2n) is 14.6. The van der Waals surface area contributed by atoms with Gasteiger partial charge < -0.3 is 14.2 Å². The molecular weight excluding hydrogens is 733 g/mol. The van der Waals surface area contributed by atoms with E-state index in [4.69, 9.17) is 14.2 Å². The number of rotatable bonds is 39. The summed E-state index contributed by atoms with van der Waals surface area (Å²) < 4.78 is 16.5. The molecule has 0 aliphatic heterocycles. The fourth-order valence-corrected chi connectivity index (χ4v) is 5.58. The Bertz CT molecular complexity index is 1300. The van der Waals surface area contributed by atoms with Crippen molar-refractivity contribution >= 4 is 17.9 Å². The predicted octanol–water partition coefficient (Wildman–Crippen LogP) is 15.0. The van der Waals surface area contributed by atoms with Crippen LogP contribution < -0.4 is 0 Å². The van der Waals surface area contributed by atoms with Gasteiger partial charge in [0.2, 0.25) is 0 Å². The van der Waals surface area contributed by atoms with Crippen molar-refractivity contribution in [2.24, 2.45) is 0 Å². The van der Waals surface area contributed by atoms with Crippen LogP contribution in [0.1, 0.15) is 175 Å². The van der Waals surface area contributed by atoms with E-state index in [9.17, 15) is 14.4 Å². The fourth-order valence-electron chi connectivity index (χ4n) is 5.58. The highest BCUT2D eigenvalue weighted by atomic mass is 16.6. The van der Waals surface area contributed by atoms with Crippen molar-refractivity contribution in [3.05, 3.63) is 122 Å². The summed E-state index contributed by atoms with van der Waals surface area (Å²) in [6, 6.07) is 0. The van der Waals surface area contributed by atoms with Crippen LogP contribution in [0.3, 0.4) is 0 Å². The topological polar surface area (TPSA) is 78.9 Å². The Labute approximate surface area is 361 Å². The van der Waals surface area contributed by atoms with Crippen molar-refractivity contribution in [2.75, 3.05) is 13.2 Å². The maximum Gasteiger partial charge on any atom is 0.309 e. The zero-order chi connectivity index (χ0) is 43.0. The molecule has 0 rings (SSSR count). The molecule has 0 N–H and O–H groups in total. The number of hydrogen-bond donors (Lipinski definition) is 0. The molecule has 0 aromatic carbocycles. The molecule has 0 aromatic heterocycles. The summed E-state index contributed by atoms with van der Waals surface area (Å²) in [5, 5.41) is 0. The molecule has 0 aromatic rings. The average Bonchev–Trinajstić information content (AvgIpc) is 3.23. The maximum atomic E-state index is 12.7. The van der Waals surface area contributed by atoms with Crippen LogP contribution in [0.2, 0.25) is 0 Å². The highest BCUT2D eigenvalue weighted by Gasteiger charge is 2.19. The molecule has 0 heterocycles. The summed E-state index contributed by atoms with van der Waals surface area (Å²) in [7, 11) is 0. The fraction of sp³-hybridized carbons (Fsp3) is 0.566. The van der Waals surface area contributed by atoms with Crippen molar-refractivity contribution in [3.63, 3.8) is 0 Å². The summed E-state index contributed by atoms with van der Waals surface area (Å²) in [4.78, 5) is 37.6. The predicted molar refractivity (Wildman–Crippen MR) is 251 cm³/mol. The Morgan fingerprint density at radius 2 is 0.763 bits per heavy atom. The van der Waals surface area contributed by atoms with Crippen LogP contribution in [-0.4, -0.2) is 37.2 Å². The van der Waals surface area contributed by atoms with Crippen LogP contribution in [0, 0.1) is 0 Å². The molecule has 330 valence electrons. The Hall–Kier alpha value is -4.19. The monoisotopic (exact) mass is 815 g/mol. The van der Waals surface area contributed by atoms with Crippen molar-refractivity contribution < 1.29 is 28.6 Å². The minimum absolute atomic E-state index is 0.114. The first-order chi connectivity index (χ1) is 29.0. The van der Waals surface area contributed by atoms with Gasteiger partial charge in [0.25, 0.3) is 0 Å². The lowest BCUT2D eigenvalue weighted by molar-refractivity contribution is -0.166. The second-order valence-corrected chi connectivity index (χ2v) is 14.6.